The monoisotopic (exact) mass is 206 g/mol. The Kier molecular flexibility index (Phi) is 2.46. The van der Waals surface area contributed by atoms with Gasteiger partial charge in [0.05, 0.1) is 24.0 Å². The highest BCUT2D eigenvalue weighted by molar-refractivity contribution is 5.68. The van der Waals surface area contributed by atoms with Gasteiger partial charge in [-0.05, 0) is 6.07 Å². The standard InChI is InChI=1S/C8H9F3N2O/c1-14-7-3-6(13)5(12)2-4(7)8(9,10)11/h2-3H,12-13H2,1H3. The first kappa shape index (κ1) is 10.5. The molecule has 4 N–H and O–H groups in total. The molecule has 1 aromatic carbocycles. The first-order valence-corrected chi connectivity index (χ1v) is 3.66. The van der Waals surface area contributed by atoms with Crippen molar-refractivity contribution in [3.63, 3.8) is 0 Å². The predicted octanol–water partition coefficient (Wildman–Crippen LogP) is 1.88. The molecule has 3 nitrogen and oxygen atoms in total. The maximum Gasteiger partial charge on any atom is 0.420 e. The van der Waals surface area contributed by atoms with Crippen LogP contribution in [0.5, 0.6) is 5.75 Å². The first-order chi connectivity index (χ1) is 6.36. The van der Waals surface area contributed by atoms with Gasteiger partial charge in [-0.25, -0.2) is 0 Å². The maximum atomic E-state index is 12.4. The largest absolute Gasteiger partial charge is 0.496 e. The van der Waals surface area contributed by atoms with E-state index in [2.05, 4.69) is 4.74 Å². The zero-order chi connectivity index (χ0) is 10.9. The van der Waals surface area contributed by atoms with E-state index in [1.54, 1.807) is 0 Å². The molecule has 0 amide bonds. The van der Waals surface area contributed by atoms with Crippen molar-refractivity contribution in [1.29, 1.82) is 0 Å². The molecule has 0 unspecified atom stereocenters. The third-order valence-corrected chi connectivity index (χ3v) is 1.71. The van der Waals surface area contributed by atoms with E-state index in [4.69, 9.17) is 11.5 Å². The molecule has 0 aliphatic carbocycles. The van der Waals surface area contributed by atoms with Crippen LogP contribution in [0.4, 0.5) is 24.5 Å². The topological polar surface area (TPSA) is 61.3 Å². The van der Waals surface area contributed by atoms with Crippen molar-refractivity contribution in [1.82, 2.24) is 0 Å². The number of hydrogen-bond acceptors (Lipinski definition) is 3. The molecule has 0 aliphatic heterocycles. The van der Waals surface area contributed by atoms with Crippen molar-refractivity contribution in [2.45, 2.75) is 6.18 Å². The number of ether oxygens (including phenoxy) is 1. The molecule has 0 bridgehead atoms. The number of anilines is 2. The number of hydrogen-bond donors (Lipinski definition) is 2. The average molecular weight is 206 g/mol. The zero-order valence-electron chi connectivity index (χ0n) is 7.35. The van der Waals surface area contributed by atoms with Crippen LogP contribution in [0.15, 0.2) is 12.1 Å². The van der Waals surface area contributed by atoms with E-state index in [-0.39, 0.29) is 17.1 Å². The molecular weight excluding hydrogens is 197 g/mol. The lowest BCUT2D eigenvalue weighted by Crippen LogP contribution is -2.09. The Bertz CT molecular complexity index is 349. The molecule has 6 heteroatoms. The van der Waals surface area contributed by atoms with Gasteiger partial charge in [-0.3, -0.25) is 0 Å². The normalized spacial score (nSPS) is 11.4. The molecule has 0 aliphatic rings. The summed E-state index contributed by atoms with van der Waals surface area (Å²) in [7, 11) is 1.14. The van der Waals surface area contributed by atoms with Gasteiger partial charge in [0, 0.05) is 6.07 Å². The number of benzene rings is 1. The number of nitrogen functional groups attached to an aromatic ring is 2. The summed E-state index contributed by atoms with van der Waals surface area (Å²) in [6, 6.07) is 1.81. The fraction of sp³-hybridized carbons (Fsp3) is 0.250. The number of rotatable bonds is 1. The second kappa shape index (κ2) is 3.28. The zero-order valence-corrected chi connectivity index (χ0v) is 7.35. The van der Waals surface area contributed by atoms with Gasteiger partial charge in [-0.1, -0.05) is 0 Å². The lowest BCUT2D eigenvalue weighted by Gasteiger charge is -2.13. The molecule has 0 spiro atoms. The minimum absolute atomic E-state index is 0.0647. The lowest BCUT2D eigenvalue weighted by atomic mass is 10.1. The van der Waals surface area contributed by atoms with Crippen molar-refractivity contribution in [2.24, 2.45) is 0 Å². The summed E-state index contributed by atoms with van der Waals surface area (Å²) in [5.74, 6) is -0.329. The smallest absolute Gasteiger partial charge is 0.420 e. The number of alkyl halides is 3. The minimum atomic E-state index is -4.49. The van der Waals surface area contributed by atoms with E-state index in [1.165, 1.54) is 0 Å². The predicted molar refractivity (Wildman–Crippen MR) is 46.8 cm³/mol. The Labute approximate surface area is 78.5 Å². The summed E-state index contributed by atoms with van der Waals surface area (Å²) in [4.78, 5) is 0. The minimum Gasteiger partial charge on any atom is -0.496 e. The molecule has 78 valence electrons. The van der Waals surface area contributed by atoms with Crippen LogP contribution in [-0.2, 0) is 6.18 Å². The molecule has 1 rings (SSSR count). The van der Waals surface area contributed by atoms with Crippen LogP contribution < -0.4 is 16.2 Å². The van der Waals surface area contributed by atoms with Gasteiger partial charge in [0.15, 0.2) is 0 Å². The first-order valence-electron chi connectivity index (χ1n) is 3.66. The van der Waals surface area contributed by atoms with Gasteiger partial charge in [0.2, 0.25) is 0 Å². The molecule has 0 atom stereocenters. The van der Waals surface area contributed by atoms with Crippen molar-refractivity contribution in [3.05, 3.63) is 17.7 Å². The SMILES string of the molecule is COc1cc(N)c(N)cc1C(F)(F)F. The molecular formula is C8H9F3N2O. The number of methoxy groups -OCH3 is 1. The Morgan fingerprint density at radius 1 is 1.14 bits per heavy atom. The van der Waals surface area contributed by atoms with E-state index < -0.39 is 11.7 Å². The van der Waals surface area contributed by atoms with Crippen molar-refractivity contribution in [2.75, 3.05) is 18.6 Å². The van der Waals surface area contributed by atoms with Gasteiger partial charge in [-0.2, -0.15) is 13.2 Å². The Morgan fingerprint density at radius 3 is 2.07 bits per heavy atom. The van der Waals surface area contributed by atoms with Gasteiger partial charge in [-0.15, -0.1) is 0 Å². The number of halogens is 3. The highest BCUT2D eigenvalue weighted by Crippen LogP contribution is 2.39. The summed E-state index contributed by atoms with van der Waals surface area (Å²) in [5.41, 5.74) is 9.62. The van der Waals surface area contributed by atoms with Gasteiger partial charge < -0.3 is 16.2 Å². The highest BCUT2D eigenvalue weighted by atomic mass is 19.4. The molecule has 14 heavy (non-hydrogen) atoms. The molecule has 0 fully saturated rings. The fourth-order valence-electron chi connectivity index (χ4n) is 1.00. The van der Waals surface area contributed by atoms with Crippen LogP contribution in [0.1, 0.15) is 5.56 Å². The molecule has 0 heterocycles. The summed E-state index contributed by atoms with van der Waals surface area (Å²) in [6.07, 6.45) is -4.49. The van der Waals surface area contributed by atoms with E-state index >= 15 is 0 Å². The van der Waals surface area contributed by atoms with Gasteiger partial charge in [0.1, 0.15) is 5.75 Å². The maximum absolute atomic E-state index is 12.4. The summed E-state index contributed by atoms with van der Waals surface area (Å²) in [5, 5.41) is 0. The molecule has 0 saturated heterocycles. The third-order valence-electron chi connectivity index (χ3n) is 1.71. The van der Waals surface area contributed by atoms with Crippen LogP contribution in [0.25, 0.3) is 0 Å². The Balaban J connectivity index is 3.35. The summed E-state index contributed by atoms with van der Waals surface area (Å²) < 4.78 is 41.7. The Hall–Kier alpha value is -1.59. The lowest BCUT2D eigenvalue weighted by molar-refractivity contribution is -0.138. The number of nitrogens with two attached hydrogens (primary N) is 2. The fourth-order valence-corrected chi connectivity index (χ4v) is 1.00. The van der Waals surface area contributed by atoms with Crippen LogP contribution >= 0.6 is 0 Å². The van der Waals surface area contributed by atoms with E-state index in [0.717, 1.165) is 19.2 Å². The van der Waals surface area contributed by atoms with E-state index in [0.29, 0.717) is 0 Å². The van der Waals surface area contributed by atoms with Crippen LogP contribution in [-0.4, -0.2) is 7.11 Å². The molecule has 0 aromatic heterocycles. The van der Waals surface area contributed by atoms with Crippen LogP contribution in [0.3, 0.4) is 0 Å². The Morgan fingerprint density at radius 2 is 1.64 bits per heavy atom. The second-order valence-electron chi connectivity index (χ2n) is 2.68. The second-order valence-corrected chi connectivity index (χ2v) is 2.68. The third kappa shape index (κ3) is 1.84. The average Bonchev–Trinajstić information content (AvgIpc) is 2.07. The van der Waals surface area contributed by atoms with E-state index in [1.807, 2.05) is 0 Å². The van der Waals surface area contributed by atoms with Crippen molar-refractivity contribution >= 4 is 11.4 Å². The van der Waals surface area contributed by atoms with Gasteiger partial charge in [0.25, 0.3) is 0 Å². The molecule has 0 radical (unpaired) electrons. The summed E-state index contributed by atoms with van der Waals surface area (Å²) in [6.45, 7) is 0. The molecule has 1 aromatic rings. The summed E-state index contributed by atoms with van der Waals surface area (Å²) >= 11 is 0. The van der Waals surface area contributed by atoms with E-state index in [9.17, 15) is 13.2 Å². The van der Waals surface area contributed by atoms with Crippen LogP contribution in [0, 0.1) is 0 Å². The van der Waals surface area contributed by atoms with Crippen molar-refractivity contribution in [3.8, 4) is 5.75 Å². The highest BCUT2D eigenvalue weighted by Gasteiger charge is 2.34. The quantitative estimate of drug-likeness (QED) is 0.689. The van der Waals surface area contributed by atoms with Gasteiger partial charge >= 0.3 is 6.18 Å². The van der Waals surface area contributed by atoms with Crippen molar-refractivity contribution < 1.29 is 17.9 Å². The van der Waals surface area contributed by atoms with Crippen LogP contribution in [0.2, 0.25) is 0 Å². The molecule has 0 saturated carbocycles.